The van der Waals surface area contributed by atoms with Crippen molar-refractivity contribution >= 4 is 43.6 Å². The SMILES string of the molecule is CC1CSc2n(-c3ccc(Br)cc3)c(-c3ccc(Br)cc3)c[n+]21. The van der Waals surface area contributed by atoms with Crippen LogP contribution in [-0.4, -0.2) is 10.3 Å². The van der Waals surface area contributed by atoms with E-state index in [4.69, 9.17) is 0 Å². The molecule has 0 saturated carbocycles. The van der Waals surface area contributed by atoms with Crippen molar-refractivity contribution in [2.75, 3.05) is 5.75 Å². The van der Waals surface area contributed by atoms with E-state index in [2.05, 4.69) is 103 Å². The predicted molar refractivity (Wildman–Crippen MR) is 102 cm³/mol. The van der Waals surface area contributed by atoms with Crippen molar-refractivity contribution in [3.8, 4) is 16.9 Å². The van der Waals surface area contributed by atoms with Gasteiger partial charge >= 0.3 is 5.16 Å². The third-order valence-electron chi connectivity index (χ3n) is 4.07. The van der Waals surface area contributed by atoms with Gasteiger partial charge in [0.15, 0.2) is 5.69 Å². The molecule has 0 radical (unpaired) electrons. The lowest BCUT2D eigenvalue weighted by Crippen LogP contribution is -2.34. The fourth-order valence-electron chi connectivity index (χ4n) is 2.86. The Morgan fingerprint density at radius 3 is 2.26 bits per heavy atom. The van der Waals surface area contributed by atoms with Crippen molar-refractivity contribution in [3.05, 3.63) is 63.7 Å². The van der Waals surface area contributed by atoms with Crippen molar-refractivity contribution in [2.24, 2.45) is 0 Å². The molecule has 23 heavy (non-hydrogen) atoms. The number of aromatic nitrogens is 2. The van der Waals surface area contributed by atoms with Crippen LogP contribution in [0, 0.1) is 0 Å². The molecule has 1 atom stereocenters. The summed E-state index contributed by atoms with van der Waals surface area (Å²) in [6.07, 6.45) is 2.28. The van der Waals surface area contributed by atoms with E-state index in [-0.39, 0.29) is 0 Å². The Hall–Kier alpha value is -1.04. The molecule has 0 saturated heterocycles. The first-order valence-corrected chi connectivity index (χ1v) is 10.0. The van der Waals surface area contributed by atoms with Crippen LogP contribution in [0.1, 0.15) is 13.0 Å². The summed E-state index contributed by atoms with van der Waals surface area (Å²) in [6.45, 7) is 2.28. The summed E-state index contributed by atoms with van der Waals surface area (Å²) < 4.78 is 6.96. The fraction of sp³-hybridized carbons (Fsp3) is 0.167. The number of fused-ring (bicyclic) bond motifs is 1. The Kier molecular flexibility index (Phi) is 4.12. The lowest BCUT2D eigenvalue weighted by Gasteiger charge is -2.04. The molecule has 3 aromatic rings. The first kappa shape index (κ1) is 15.5. The van der Waals surface area contributed by atoms with Gasteiger partial charge in [-0.25, -0.2) is 4.57 Å². The van der Waals surface area contributed by atoms with E-state index in [0.717, 1.165) is 14.7 Å². The number of nitrogens with zero attached hydrogens (tertiary/aromatic N) is 2. The molecule has 2 nitrogen and oxygen atoms in total. The average Bonchev–Trinajstić information content (AvgIpc) is 3.09. The van der Waals surface area contributed by atoms with Crippen molar-refractivity contribution in [1.82, 2.24) is 4.57 Å². The summed E-state index contributed by atoms with van der Waals surface area (Å²) in [5.41, 5.74) is 3.65. The van der Waals surface area contributed by atoms with E-state index in [0.29, 0.717) is 6.04 Å². The van der Waals surface area contributed by atoms with Gasteiger partial charge in [0, 0.05) is 20.3 Å². The summed E-state index contributed by atoms with van der Waals surface area (Å²) in [6, 6.07) is 17.6. The van der Waals surface area contributed by atoms with Crippen molar-refractivity contribution in [1.29, 1.82) is 0 Å². The molecule has 1 unspecified atom stereocenters. The van der Waals surface area contributed by atoms with Crippen molar-refractivity contribution in [3.63, 3.8) is 0 Å². The Bertz CT molecular complexity index is 854. The summed E-state index contributed by atoms with van der Waals surface area (Å²) in [5, 5.41) is 1.30. The van der Waals surface area contributed by atoms with Gasteiger partial charge in [-0.15, -0.1) is 0 Å². The van der Waals surface area contributed by atoms with Gasteiger partial charge in [0.2, 0.25) is 0 Å². The van der Waals surface area contributed by atoms with Crippen LogP contribution in [0.5, 0.6) is 0 Å². The van der Waals surface area contributed by atoms with Crippen LogP contribution in [0.2, 0.25) is 0 Å². The summed E-state index contributed by atoms with van der Waals surface area (Å²) in [5.74, 6) is 1.13. The number of thioether (sulfide) groups is 1. The Morgan fingerprint density at radius 1 is 1.00 bits per heavy atom. The van der Waals surface area contributed by atoms with Crippen LogP contribution in [0.4, 0.5) is 0 Å². The van der Waals surface area contributed by atoms with Crippen LogP contribution in [-0.2, 0) is 0 Å². The number of hydrogen-bond donors (Lipinski definition) is 0. The minimum atomic E-state index is 0.529. The molecule has 0 fully saturated rings. The highest BCUT2D eigenvalue weighted by atomic mass is 79.9. The topological polar surface area (TPSA) is 8.81 Å². The minimum Gasteiger partial charge on any atom is -0.220 e. The Balaban J connectivity index is 1.94. The van der Waals surface area contributed by atoms with E-state index in [1.54, 1.807) is 0 Å². The number of halogens is 2. The largest absolute Gasteiger partial charge is 0.324 e. The van der Waals surface area contributed by atoms with Crippen molar-refractivity contribution in [2.45, 2.75) is 18.1 Å². The highest BCUT2D eigenvalue weighted by molar-refractivity contribution is 9.10. The van der Waals surface area contributed by atoms with Gasteiger partial charge in [0.05, 0.1) is 0 Å². The van der Waals surface area contributed by atoms with Gasteiger partial charge in [0.1, 0.15) is 17.9 Å². The van der Waals surface area contributed by atoms with Crippen LogP contribution in [0.15, 0.2) is 68.8 Å². The number of benzene rings is 2. The smallest absolute Gasteiger partial charge is 0.220 e. The molecule has 1 aliphatic heterocycles. The van der Waals surface area contributed by atoms with Crippen molar-refractivity contribution < 1.29 is 4.57 Å². The first-order chi connectivity index (χ1) is 11.1. The lowest BCUT2D eigenvalue weighted by atomic mass is 10.1. The standard InChI is InChI=1S/C18H15Br2N2S/c1-12-11-23-18-21(12)10-17(13-2-4-14(19)5-3-13)22(18)16-8-6-15(20)7-9-16/h2-10,12H,11H2,1H3/q+1. The van der Waals surface area contributed by atoms with E-state index < -0.39 is 0 Å². The Morgan fingerprint density at radius 2 is 1.61 bits per heavy atom. The number of hydrogen-bond acceptors (Lipinski definition) is 1. The van der Waals surface area contributed by atoms with Gasteiger partial charge in [-0.2, -0.15) is 4.57 Å². The predicted octanol–water partition coefficient (Wildman–Crippen LogP) is 5.62. The molecule has 0 bridgehead atoms. The molecule has 5 heteroatoms. The molecule has 116 valence electrons. The third-order valence-corrected chi connectivity index (χ3v) is 6.43. The Labute approximate surface area is 156 Å². The monoisotopic (exact) mass is 449 g/mol. The molecular formula is C18H15Br2N2S+. The molecule has 2 aromatic carbocycles. The molecule has 1 aromatic heterocycles. The second-order valence-electron chi connectivity index (χ2n) is 5.68. The highest BCUT2D eigenvalue weighted by Crippen LogP contribution is 2.35. The number of imidazole rings is 1. The summed E-state index contributed by atoms with van der Waals surface area (Å²) in [7, 11) is 0. The fourth-order valence-corrected chi connectivity index (χ4v) is 4.65. The molecule has 1 aliphatic rings. The summed E-state index contributed by atoms with van der Waals surface area (Å²) >= 11 is 8.97. The zero-order valence-electron chi connectivity index (χ0n) is 12.5. The van der Waals surface area contributed by atoms with Crippen LogP contribution in [0.3, 0.4) is 0 Å². The van der Waals surface area contributed by atoms with E-state index in [9.17, 15) is 0 Å². The van der Waals surface area contributed by atoms with Gasteiger partial charge in [0.25, 0.3) is 0 Å². The third kappa shape index (κ3) is 2.79. The maximum absolute atomic E-state index is 3.53. The maximum atomic E-state index is 3.53. The van der Waals surface area contributed by atoms with Gasteiger partial charge in [-0.3, -0.25) is 0 Å². The molecular weight excluding hydrogens is 436 g/mol. The van der Waals surface area contributed by atoms with Gasteiger partial charge in [-0.1, -0.05) is 31.9 Å². The molecule has 0 spiro atoms. The molecule has 0 amide bonds. The average molecular weight is 451 g/mol. The quantitative estimate of drug-likeness (QED) is 0.460. The minimum absolute atomic E-state index is 0.529. The van der Waals surface area contributed by atoms with E-state index in [1.165, 1.54) is 22.1 Å². The first-order valence-electron chi connectivity index (χ1n) is 7.45. The maximum Gasteiger partial charge on any atom is 0.324 e. The van der Waals surface area contributed by atoms with E-state index in [1.807, 2.05) is 11.8 Å². The van der Waals surface area contributed by atoms with Gasteiger partial charge < -0.3 is 0 Å². The molecule has 4 rings (SSSR count). The normalized spacial score (nSPS) is 16.6. The lowest BCUT2D eigenvalue weighted by molar-refractivity contribution is -0.744. The second-order valence-corrected chi connectivity index (χ2v) is 8.50. The zero-order chi connectivity index (χ0) is 16.0. The second kappa shape index (κ2) is 6.11. The van der Waals surface area contributed by atoms with Crippen LogP contribution < -0.4 is 4.57 Å². The number of rotatable bonds is 2. The van der Waals surface area contributed by atoms with E-state index >= 15 is 0 Å². The summed E-state index contributed by atoms with van der Waals surface area (Å²) in [4.78, 5) is 0. The molecule has 2 heterocycles. The highest BCUT2D eigenvalue weighted by Gasteiger charge is 2.34. The zero-order valence-corrected chi connectivity index (χ0v) is 16.5. The molecule has 0 aliphatic carbocycles. The van der Waals surface area contributed by atoms with Crippen LogP contribution in [0.25, 0.3) is 16.9 Å². The van der Waals surface area contributed by atoms with Gasteiger partial charge in [-0.05, 0) is 67.2 Å². The molecule has 0 N–H and O–H groups in total. The van der Waals surface area contributed by atoms with Crippen LogP contribution >= 0.6 is 43.6 Å².